The zero-order valence-corrected chi connectivity index (χ0v) is 12.0. The maximum absolute atomic E-state index is 11.9. The summed E-state index contributed by atoms with van der Waals surface area (Å²) in [4.78, 5) is 23.9. The number of ether oxygens (including phenoxy) is 1. The summed E-state index contributed by atoms with van der Waals surface area (Å²) in [6.45, 7) is 1.55. The van der Waals surface area contributed by atoms with E-state index in [4.69, 9.17) is 9.84 Å². The van der Waals surface area contributed by atoms with Crippen molar-refractivity contribution in [3.8, 4) is 0 Å². The Balaban J connectivity index is 1.68. The van der Waals surface area contributed by atoms with Crippen LogP contribution in [0.25, 0.3) is 0 Å². The van der Waals surface area contributed by atoms with Gasteiger partial charge in [0.1, 0.15) is 6.54 Å². The Hall–Kier alpha value is -2.09. The first-order valence-corrected chi connectivity index (χ1v) is 6.88. The van der Waals surface area contributed by atoms with Crippen LogP contribution in [0.1, 0.15) is 12.8 Å². The number of nitrogens with one attached hydrogen (secondary N) is 1. The van der Waals surface area contributed by atoms with E-state index in [1.807, 2.05) is 0 Å². The van der Waals surface area contributed by atoms with Crippen molar-refractivity contribution in [1.82, 2.24) is 14.7 Å². The zero-order chi connectivity index (χ0) is 15.2. The molecule has 2 N–H and O–H groups in total. The number of rotatable bonds is 8. The van der Waals surface area contributed by atoms with Gasteiger partial charge in [-0.15, -0.1) is 0 Å². The van der Waals surface area contributed by atoms with Crippen molar-refractivity contribution in [2.75, 3.05) is 32.1 Å². The molecule has 1 aromatic heterocycles. The number of likely N-dealkylation sites (N-methyl/N-ethyl adjacent to an activating group) is 1. The molecule has 1 aliphatic carbocycles. The SMILES string of the molecule is CN(CCOCC1CC1)C(=O)Nc1cnn(CC(=O)O)c1. The predicted octanol–water partition coefficient (Wildman–Crippen LogP) is 0.858. The molecule has 21 heavy (non-hydrogen) atoms. The number of nitrogens with zero attached hydrogens (tertiary/aromatic N) is 3. The molecule has 0 aromatic carbocycles. The van der Waals surface area contributed by atoms with Gasteiger partial charge in [0.15, 0.2) is 0 Å². The summed E-state index contributed by atoms with van der Waals surface area (Å²) >= 11 is 0. The van der Waals surface area contributed by atoms with Crippen molar-refractivity contribution < 1.29 is 19.4 Å². The fourth-order valence-corrected chi connectivity index (χ4v) is 1.71. The van der Waals surface area contributed by atoms with Crippen molar-refractivity contribution >= 4 is 17.7 Å². The largest absolute Gasteiger partial charge is 0.480 e. The topological polar surface area (TPSA) is 96.7 Å². The Morgan fingerprint density at radius 2 is 2.33 bits per heavy atom. The minimum atomic E-state index is -0.985. The van der Waals surface area contributed by atoms with E-state index in [2.05, 4.69) is 10.4 Å². The third-order valence-corrected chi connectivity index (χ3v) is 3.15. The van der Waals surface area contributed by atoms with Crippen LogP contribution in [0.3, 0.4) is 0 Å². The highest BCUT2D eigenvalue weighted by Crippen LogP contribution is 2.28. The molecule has 1 heterocycles. The van der Waals surface area contributed by atoms with E-state index in [0.29, 0.717) is 24.8 Å². The Labute approximate surface area is 122 Å². The molecule has 116 valence electrons. The van der Waals surface area contributed by atoms with E-state index in [9.17, 15) is 9.59 Å². The summed E-state index contributed by atoms with van der Waals surface area (Å²) < 4.78 is 6.72. The molecule has 2 rings (SSSR count). The number of hydrogen-bond acceptors (Lipinski definition) is 4. The van der Waals surface area contributed by atoms with E-state index in [1.54, 1.807) is 7.05 Å². The highest BCUT2D eigenvalue weighted by atomic mass is 16.5. The van der Waals surface area contributed by atoms with Gasteiger partial charge in [-0.05, 0) is 18.8 Å². The van der Waals surface area contributed by atoms with Crippen molar-refractivity contribution in [2.45, 2.75) is 19.4 Å². The molecule has 2 amide bonds. The summed E-state index contributed by atoms with van der Waals surface area (Å²) in [6, 6.07) is -0.278. The van der Waals surface area contributed by atoms with Crippen LogP contribution in [0.2, 0.25) is 0 Å². The van der Waals surface area contributed by atoms with Crippen LogP contribution in [0.5, 0.6) is 0 Å². The zero-order valence-electron chi connectivity index (χ0n) is 12.0. The van der Waals surface area contributed by atoms with Crippen LogP contribution in [-0.2, 0) is 16.1 Å². The molecule has 8 heteroatoms. The fraction of sp³-hybridized carbons (Fsp3) is 0.615. The smallest absolute Gasteiger partial charge is 0.325 e. The molecular weight excluding hydrogens is 276 g/mol. The summed E-state index contributed by atoms with van der Waals surface area (Å²) in [7, 11) is 1.68. The van der Waals surface area contributed by atoms with Crippen molar-refractivity contribution in [2.24, 2.45) is 5.92 Å². The molecule has 1 fully saturated rings. The summed E-state index contributed by atoms with van der Waals surface area (Å²) in [6.07, 6.45) is 5.38. The number of hydrogen-bond donors (Lipinski definition) is 2. The Kier molecular flexibility index (Phi) is 5.15. The minimum absolute atomic E-state index is 0.235. The van der Waals surface area contributed by atoms with E-state index in [-0.39, 0.29) is 12.6 Å². The highest BCUT2D eigenvalue weighted by molar-refractivity contribution is 5.88. The third kappa shape index (κ3) is 5.42. The van der Waals surface area contributed by atoms with Crippen LogP contribution >= 0.6 is 0 Å². The summed E-state index contributed by atoms with van der Waals surface area (Å²) in [5.41, 5.74) is 0.465. The number of aromatic nitrogens is 2. The monoisotopic (exact) mass is 296 g/mol. The first kappa shape index (κ1) is 15.3. The second kappa shape index (κ2) is 7.07. The second-order valence-electron chi connectivity index (χ2n) is 5.19. The average Bonchev–Trinajstić information content (AvgIpc) is 3.15. The van der Waals surface area contributed by atoms with E-state index < -0.39 is 5.97 Å². The van der Waals surface area contributed by atoms with Crippen molar-refractivity contribution in [1.29, 1.82) is 0 Å². The molecule has 0 spiro atoms. The number of carboxylic acid groups (broad SMARTS) is 1. The minimum Gasteiger partial charge on any atom is -0.480 e. The lowest BCUT2D eigenvalue weighted by molar-refractivity contribution is -0.137. The number of amides is 2. The van der Waals surface area contributed by atoms with Gasteiger partial charge in [0.25, 0.3) is 0 Å². The molecule has 0 bridgehead atoms. The standard InChI is InChI=1S/C13H20N4O4/c1-16(4-5-21-9-10-2-3-10)13(20)15-11-6-14-17(7-11)8-12(18)19/h6-7,10H,2-5,8-9H2,1H3,(H,15,20)(H,18,19). The predicted molar refractivity (Wildman–Crippen MR) is 75.1 cm³/mol. The average molecular weight is 296 g/mol. The molecule has 0 aliphatic heterocycles. The number of carbonyl (C=O) groups is 2. The lowest BCUT2D eigenvalue weighted by Gasteiger charge is -2.17. The number of aliphatic carboxylic acids is 1. The van der Waals surface area contributed by atoms with Crippen LogP contribution in [0, 0.1) is 5.92 Å². The van der Waals surface area contributed by atoms with Crippen LogP contribution in [0.15, 0.2) is 12.4 Å². The highest BCUT2D eigenvalue weighted by Gasteiger charge is 2.21. The molecule has 1 saturated carbocycles. The van der Waals surface area contributed by atoms with Crippen LogP contribution in [-0.4, -0.2) is 58.6 Å². The summed E-state index contributed by atoms with van der Waals surface area (Å²) in [5.74, 6) is -0.273. The molecule has 0 atom stereocenters. The molecular formula is C13H20N4O4. The maximum Gasteiger partial charge on any atom is 0.325 e. The Bertz CT molecular complexity index is 498. The summed E-state index contributed by atoms with van der Waals surface area (Å²) in [5, 5.41) is 15.1. The van der Waals surface area contributed by atoms with E-state index in [0.717, 1.165) is 6.61 Å². The van der Waals surface area contributed by atoms with E-state index in [1.165, 1.54) is 34.8 Å². The molecule has 1 aliphatic rings. The van der Waals surface area contributed by atoms with Gasteiger partial charge in [0.2, 0.25) is 0 Å². The van der Waals surface area contributed by atoms with Gasteiger partial charge in [-0.3, -0.25) is 9.48 Å². The van der Waals surface area contributed by atoms with Gasteiger partial charge in [-0.2, -0.15) is 5.10 Å². The molecule has 8 nitrogen and oxygen atoms in total. The molecule has 0 saturated heterocycles. The lowest BCUT2D eigenvalue weighted by atomic mass is 10.5. The number of urea groups is 1. The third-order valence-electron chi connectivity index (χ3n) is 3.15. The maximum atomic E-state index is 11.9. The van der Waals surface area contributed by atoms with E-state index >= 15 is 0 Å². The lowest BCUT2D eigenvalue weighted by Crippen LogP contribution is -2.34. The Morgan fingerprint density at radius 3 is 3.00 bits per heavy atom. The first-order valence-electron chi connectivity index (χ1n) is 6.88. The van der Waals surface area contributed by atoms with Crippen molar-refractivity contribution in [3.63, 3.8) is 0 Å². The van der Waals surface area contributed by atoms with Crippen LogP contribution in [0.4, 0.5) is 10.5 Å². The molecule has 0 radical (unpaired) electrons. The second-order valence-corrected chi connectivity index (χ2v) is 5.19. The van der Waals surface area contributed by atoms with Crippen LogP contribution < -0.4 is 5.32 Å². The normalized spacial score (nSPS) is 14.0. The van der Waals surface area contributed by atoms with Gasteiger partial charge in [-0.25, -0.2) is 4.79 Å². The molecule has 0 unspecified atom stereocenters. The quantitative estimate of drug-likeness (QED) is 0.693. The molecule has 1 aromatic rings. The fourth-order valence-electron chi connectivity index (χ4n) is 1.71. The van der Waals surface area contributed by atoms with Gasteiger partial charge in [0.05, 0.1) is 18.5 Å². The van der Waals surface area contributed by atoms with Gasteiger partial charge in [0, 0.05) is 26.4 Å². The van der Waals surface area contributed by atoms with Crippen molar-refractivity contribution in [3.05, 3.63) is 12.4 Å². The van der Waals surface area contributed by atoms with Gasteiger partial charge in [-0.1, -0.05) is 0 Å². The Morgan fingerprint density at radius 1 is 1.57 bits per heavy atom. The number of carbonyl (C=O) groups excluding carboxylic acids is 1. The van der Waals surface area contributed by atoms with Gasteiger partial charge < -0.3 is 20.1 Å². The first-order chi connectivity index (χ1) is 10.0. The number of carboxylic acids is 1. The number of anilines is 1. The van der Waals surface area contributed by atoms with Gasteiger partial charge >= 0.3 is 12.0 Å².